The van der Waals surface area contributed by atoms with E-state index in [1.807, 2.05) is 60.7 Å². The van der Waals surface area contributed by atoms with Gasteiger partial charge in [0.15, 0.2) is 0 Å². The van der Waals surface area contributed by atoms with Crippen LogP contribution in [0.15, 0.2) is 72.8 Å². The van der Waals surface area contributed by atoms with Gasteiger partial charge in [-0.05, 0) is 30.5 Å². The van der Waals surface area contributed by atoms with Crippen molar-refractivity contribution in [3.05, 3.63) is 101 Å². The number of fused-ring (bicyclic) bond motifs is 1. The van der Waals surface area contributed by atoms with Crippen molar-refractivity contribution in [1.82, 2.24) is 0 Å². The lowest BCUT2D eigenvalue weighted by Gasteiger charge is -2.28. The number of hydrogen-bond donors (Lipinski definition) is 0. The van der Waals surface area contributed by atoms with Gasteiger partial charge in [-0.1, -0.05) is 60.7 Å². The molecule has 1 heterocycles. The number of halogens is 1. The van der Waals surface area contributed by atoms with Crippen LogP contribution in [0.3, 0.4) is 0 Å². The van der Waals surface area contributed by atoms with Crippen LogP contribution in [-0.4, -0.2) is 5.97 Å². The summed E-state index contributed by atoms with van der Waals surface area (Å²) in [5.74, 6) is -0.165. The lowest BCUT2D eigenvalue weighted by Crippen LogP contribution is -2.24. The smallest absolute Gasteiger partial charge is 0.316 e. The van der Waals surface area contributed by atoms with E-state index in [9.17, 15) is 9.18 Å². The molecule has 3 aromatic carbocycles. The normalized spacial score (nSPS) is 18.8. The molecule has 0 amide bonds. The molecular weight excluding hydrogens is 383 g/mol. The molecule has 1 aliphatic heterocycles. The van der Waals surface area contributed by atoms with E-state index < -0.39 is 17.5 Å². The van der Waals surface area contributed by atoms with Crippen LogP contribution in [0.5, 0.6) is 5.75 Å². The van der Waals surface area contributed by atoms with Crippen molar-refractivity contribution in [2.75, 3.05) is 0 Å². The van der Waals surface area contributed by atoms with Gasteiger partial charge >= 0.3 is 5.97 Å². The highest BCUT2D eigenvalue weighted by molar-refractivity contribution is 5.86. The zero-order valence-electron chi connectivity index (χ0n) is 16.3. The minimum Gasteiger partial charge on any atom is -0.460 e. The summed E-state index contributed by atoms with van der Waals surface area (Å²) in [5.41, 5.74) is 2.37. The Hall–Kier alpha value is -3.18. The first kappa shape index (κ1) is 18.8. The average Bonchev–Trinajstić information content (AvgIpc) is 3.60. The van der Waals surface area contributed by atoms with Crippen LogP contribution in [0, 0.1) is 5.82 Å². The van der Waals surface area contributed by atoms with E-state index >= 15 is 0 Å². The lowest BCUT2D eigenvalue weighted by atomic mass is 9.96. The Morgan fingerprint density at radius 1 is 1.03 bits per heavy atom. The van der Waals surface area contributed by atoms with Crippen LogP contribution in [0.4, 0.5) is 4.39 Å². The van der Waals surface area contributed by atoms with Crippen molar-refractivity contribution < 1.29 is 23.4 Å². The molecule has 0 aromatic heterocycles. The van der Waals surface area contributed by atoms with Crippen LogP contribution in [0.2, 0.25) is 0 Å². The number of rotatable bonds is 5. The summed E-state index contributed by atoms with van der Waals surface area (Å²) < 4.78 is 31.6. The van der Waals surface area contributed by atoms with Crippen LogP contribution in [-0.2, 0) is 32.9 Å². The summed E-state index contributed by atoms with van der Waals surface area (Å²) in [7, 11) is 0. The van der Waals surface area contributed by atoms with E-state index in [-0.39, 0.29) is 19.2 Å². The zero-order chi connectivity index (χ0) is 20.6. The van der Waals surface area contributed by atoms with Crippen LogP contribution in [0.1, 0.15) is 41.4 Å². The number of carbonyl (C=O) groups excluding carboxylic acids is 1. The fourth-order valence-corrected chi connectivity index (χ4v) is 3.93. The van der Waals surface area contributed by atoms with E-state index in [4.69, 9.17) is 14.2 Å². The topological polar surface area (TPSA) is 44.8 Å². The molecule has 1 atom stereocenters. The molecule has 152 valence electrons. The molecule has 4 nitrogen and oxygen atoms in total. The second kappa shape index (κ2) is 7.58. The molecular formula is C25H21FO4. The Bertz CT molecular complexity index is 1060. The highest BCUT2D eigenvalue weighted by Crippen LogP contribution is 2.49. The van der Waals surface area contributed by atoms with Gasteiger partial charge in [-0.15, -0.1) is 0 Å². The van der Waals surface area contributed by atoms with Crippen molar-refractivity contribution >= 4 is 5.97 Å². The molecule has 1 saturated carbocycles. The molecule has 5 heteroatoms. The molecule has 0 saturated heterocycles. The maximum Gasteiger partial charge on any atom is 0.316 e. The Morgan fingerprint density at radius 3 is 2.43 bits per heavy atom. The predicted octanol–water partition coefficient (Wildman–Crippen LogP) is 5.21. The molecule has 5 rings (SSSR count). The Balaban J connectivity index is 1.36. The molecule has 0 N–H and O–H groups in total. The minimum atomic E-state index is -0.585. The van der Waals surface area contributed by atoms with Gasteiger partial charge in [0.1, 0.15) is 18.2 Å². The molecule has 3 aromatic rings. The van der Waals surface area contributed by atoms with Crippen molar-refractivity contribution in [3.63, 3.8) is 0 Å². The standard InChI is InChI=1S/C25H21FO4/c26-21-13-18-15-28-23(17-7-3-1-4-8-17)30-22(18)19(14-21)16-29-24(27)25(11-12-25)20-9-5-2-6-10-20/h1-10,13-14,23H,11-12,15-16H2. The van der Waals surface area contributed by atoms with E-state index in [1.165, 1.54) is 12.1 Å². The van der Waals surface area contributed by atoms with Gasteiger partial charge in [-0.2, -0.15) is 0 Å². The number of hydrogen-bond acceptors (Lipinski definition) is 4. The number of esters is 1. The highest BCUT2D eigenvalue weighted by atomic mass is 19.1. The Morgan fingerprint density at radius 2 is 1.73 bits per heavy atom. The van der Waals surface area contributed by atoms with Gasteiger partial charge in [0, 0.05) is 16.7 Å². The highest BCUT2D eigenvalue weighted by Gasteiger charge is 2.52. The van der Waals surface area contributed by atoms with Crippen molar-refractivity contribution in [2.45, 2.75) is 37.8 Å². The molecule has 0 bridgehead atoms. The number of benzene rings is 3. The van der Waals surface area contributed by atoms with Gasteiger partial charge in [0.2, 0.25) is 6.29 Å². The van der Waals surface area contributed by atoms with Crippen LogP contribution in [0.25, 0.3) is 0 Å². The average molecular weight is 404 g/mol. The Kier molecular flexibility index (Phi) is 4.75. The number of carbonyl (C=O) groups is 1. The first-order chi connectivity index (χ1) is 14.7. The summed E-state index contributed by atoms with van der Waals surface area (Å²) in [4.78, 5) is 12.9. The molecule has 2 aliphatic rings. The fraction of sp³-hybridized carbons (Fsp3) is 0.240. The van der Waals surface area contributed by atoms with Gasteiger partial charge in [-0.3, -0.25) is 4.79 Å². The van der Waals surface area contributed by atoms with Gasteiger partial charge in [-0.25, -0.2) is 4.39 Å². The van der Waals surface area contributed by atoms with Crippen molar-refractivity contribution in [3.8, 4) is 5.75 Å². The van der Waals surface area contributed by atoms with E-state index in [1.54, 1.807) is 0 Å². The van der Waals surface area contributed by atoms with Gasteiger partial charge in [0.05, 0.1) is 12.0 Å². The van der Waals surface area contributed by atoms with E-state index in [0.29, 0.717) is 16.9 Å². The second-order valence-corrected chi connectivity index (χ2v) is 7.75. The third-order valence-electron chi connectivity index (χ3n) is 5.72. The summed E-state index contributed by atoms with van der Waals surface area (Å²) in [6, 6.07) is 22.0. The second-order valence-electron chi connectivity index (χ2n) is 7.75. The lowest BCUT2D eigenvalue weighted by molar-refractivity contribution is -0.148. The van der Waals surface area contributed by atoms with Crippen molar-refractivity contribution in [2.24, 2.45) is 0 Å². The third-order valence-corrected chi connectivity index (χ3v) is 5.72. The third kappa shape index (κ3) is 3.46. The quantitative estimate of drug-likeness (QED) is 0.548. The monoisotopic (exact) mass is 404 g/mol. The minimum absolute atomic E-state index is 0.0466. The maximum absolute atomic E-state index is 14.2. The number of ether oxygens (including phenoxy) is 3. The SMILES string of the molecule is O=C(OCc1cc(F)cc2c1OC(c1ccccc1)OC2)C1(c2ccccc2)CC1. The predicted molar refractivity (Wildman–Crippen MR) is 108 cm³/mol. The first-order valence-electron chi connectivity index (χ1n) is 10.0. The molecule has 0 radical (unpaired) electrons. The van der Waals surface area contributed by atoms with Gasteiger partial charge in [0.25, 0.3) is 0 Å². The summed E-state index contributed by atoms with van der Waals surface area (Å²) in [6.45, 7) is 0.177. The fourth-order valence-electron chi connectivity index (χ4n) is 3.93. The molecule has 0 spiro atoms. The van der Waals surface area contributed by atoms with E-state index in [2.05, 4.69) is 0 Å². The molecule has 30 heavy (non-hydrogen) atoms. The van der Waals surface area contributed by atoms with Gasteiger partial charge < -0.3 is 14.2 Å². The first-order valence-corrected chi connectivity index (χ1v) is 10.0. The van der Waals surface area contributed by atoms with Crippen molar-refractivity contribution in [1.29, 1.82) is 0 Å². The molecule has 1 unspecified atom stereocenters. The Labute approximate surface area is 174 Å². The summed E-state index contributed by atoms with van der Waals surface area (Å²) in [5, 5.41) is 0. The molecule has 1 aliphatic carbocycles. The largest absolute Gasteiger partial charge is 0.460 e. The zero-order valence-corrected chi connectivity index (χ0v) is 16.3. The molecule has 1 fully saturated rings. The maximum atomic E-state index is 14.2. The van der Waals surface area contributed by atoms with E-state index in [0.717, 1.165) is 24.0 Å². The van der Waals surface area contributed by atoms with Crippen LogP contribution >= 0.6 is 0 Å². The van der Waals surface area contributed by atoms with Crippen LogP contribution < -0.4 is 4.74 Å². The summed E-state index contributed by atoms with van der Waals surface area (Å²) >= 11 is 0. The summed E-state index contributed by atoms with van der Waals surface area (Å²) in [6.07, 6.45) is 0.937.